The topological polar surface area (TPSA) is 127 Å². The molecule has 0 radical (unpaired) electrons. The normalized spacial score (nSPS) is 15.1. The molecule has 0 bridgehead atoms. The number of nitrogens with two attached hydrogens (primary N) is 2. The number of hydrogen-bond acceptors (Lipinski definition) is 8. The number of nitrogen functional groups attached to an aromatic ring is 2. The average Bonchev–Trinajstić information content (AvgIpc) is 3.01. The summed E-state index contributed by atoms with van der Waals surface area (Å²) in [7, 11) is 0. The molecule has 8 nitrogen and oxygen atoms in total. The van der Waals surface area contributed by atoms with Gasteiger partial charge in [0.15, 0.2) is 11.6 Å². The highest BCUT2D eigenvalue weighted by molar-refractivity contribution is 6.05. The smallest absolute Gasteiger partial charge is 0.224 e. The van der Waals surface area contributed by atoms with E-state index in [-0.39, 0.29) is 23.6 Å². The number of halogens is 1. The number of aromatic nitrogens is 3. The Morgan fingerprint density at radius 2 is 1.73 bits per heavy atom. The Morgan fingerprint density at radius 1 is 0.939 bits per heavy atom. The third kappa shape index (κ3) is 4.42. The molecule has 2 aromatic heterocycles. The average molecular weight is 440 g/mol. The van der Waals surface area contributed by atoms with Crippen molar-refractivity contribution in [2.24, 2.45) is 4.99 Å². The third-order valence-electron chi connectivity index (χ3n) is 5.32. The van der Waals surface area contributed by atoms with E-state index >= 15 is 0 Å². The van der Waals surface area contributed by atoms with Crippen molar-refractivity contribution in [1.82, 2.24) is 15.0 Å². The van der Waals surface area contributed by atoms with E-state index in [9.17, 15) is 4.39 Å². The summed E-state index contributed by atoms with van der Waals surface area (Å²) in [6, 6.07) is 17.8. The van der Waals surface area contributed by atoms with Crippen molar-refractivity contribution in [3.8, 4) is 0 Å². The lowest BCUT2D eigenvalue weighted by Crippen LogP contribution is -2.15. The molecule has 0 saturated carbocycles. The summed E-state index contributed by atoms with van der Waals surface area (Å²) in [6.07, 6.45) is 3.97. The van der Waals surface area contributed by atoms with E-state index in [0.717, 1.165) is 28.2 Å². The van der Waals surface area contributed by atoms with Crippen molar-refractivity contribution in [2.75, 3.05) is 22.1 Å². The van der Waals surface area contributed by atoms with Crippen LogP contribution in [0.3, 0.4) is 0 Å². The van der Waals surface area contributed by atoms with Gasteiger partial charge in [0.05, 0.1) is 11.8 Å². The molecule has 4 aromatic rings. The number of aliphatic imine (C=N–C) groups is 1. The lowest BCUT2D eigenvalue weighted by molar-refractivity contribution is 0.626. The molecule has 0 aliphatic carbocycles. The predicted molar refractivity (Wildman–Crippen MR) is 128 cm³/mol. The van der Waals surface area contributed by atoms with Gasteiger partial charge in [-0.2, -0.15) is 9.97 Å². The Morgan fingerprint density at radius 3 is 2.52 bits per heavy atom. The van der Waals surface area contributed by atoms with Gasteiger partial charge in [-0.05, 0) is 47.5 Å². The first-order chi connectivity index (χ1) is 16.0. The first-order valence-electron chi connectivity index (χ1n) is 10.4. The van der Waals surface area contributed by atoms with Gasteiger partial charge in [0, 0.05) is 30.2 Å². The van der Waals surface area contributed by atoms with Gasteiger partial charge in [-0.3, -0.25) is 4.98 Å². The minimum Gasteiger partial charge on any atom is -0.382 e. The molecule has 1 unspecified atom stereocenters. The van der Waals surface area contributed by atoms with E-state index in [0.29, 0.717) is 17.9 Å². The molecule has 0 saturated heterocycles. The van der Waals surface area contributed by atoms with Gasteiger partial charge in [-0.15, -0.1) is 0 Å². The van der Waals surface area contributed by atoms with E-state index in [4.69, 9.17) is 16.5 Å². The maximum Gasteiger partial charge on any atom is 0.224 e. The number of pyridine rings is 1. The second-order valence-corrected chi connectivity index (χ2v) is 7.62. The maximum absolute atomic E-state index is 13.5. The Hall–Kier alpha value is -4.53. The monoisotopic (exact) mass is 440 g/mol. The summed E-state index contributed by atoms with van der Waals surface area (Å²) in [6.45, 7) is 0. The van der Waals surface area contributed by atoms with E-state index in [1.807, 2.05) is 36.4 Å². The molecule has 1 aliphatic rings. The number of nitrogens with one attached hydrogen (secondary N) is 2. The van der Waals surface area contributed by atoms with E-state index in [2.05, 4.69) is 25.6 Å². The van der Waals surface area contributed by atoms with Crippen molar-refractivity contribution in [1.29, 1.82) is 0 Å². The van der Waals surface area contributed by atoms with Crippen molar-refractivity contribution >= 4 is 40.4 Å². The fraction of sp³-hybridized carbons (Fsp3) is 0.0833. The van der Waals surface area contributed by atoms with Gasteiger partial charge < -0.3 is 22.1 Å². The first-order valence-corrected chi connectivity index (χ1v) is 10.4. The van der Waals surface area contributed by atoms with Crippen molar-refractivity contribution in [3.63, 3.8) is 0 Å². The zero-order chi connectivity index (χ0) is 22.8. The molecule has 0 fully saturated rings. The molecule has 2 aromatic carbocycles. The largest absolute Gasteiger partial charge is 0.382 e. The Balaban J connectivity index is 1.56. The number of fused-ring (bicyclic) bond motifs is 1. The number of nitrogens with zero attached hydrogens (tertiary/aromatic N) is 4. The van der Waals surface area contributed by atoms with Gasteiger partial charge in [0.2, 0.25) is 5.95 Å². The highest BCUT2D eigenvalue weighted by Gasteiger charge is 2.24. The third-order valence-corrected chi connectivity index (χ3v) is 5.32. The number of rotatable bonds is 4. The Labute approximate surface area is 189 Å². The zero-order valence-corrected chi connectivity index (χ0v) is 17.5. The van der Waals surface area contributed by atoms with Crippen molar-refractivity contribution < 1.29 is 4.39 Å². The Bertz CT molecular complexity index is 1320. The summed E-state index contributed by atoms with van der Waals surface area (Å²) < 4.78 is 13.5. The van der Waals surface area contributed by atoms with Crippen LogP contribution < -0.4 is 22.1 Å². The summed E-state index contributed by atoms with van der Waals surface area (Å²) >= 11 is 0. The summed E-state index contributed by atoms with van der Waals surface area (Å²) in [5, 5.41) is 6.73. The van der Waals surface area contributed by atoms with Gasteiger partial charge in [-0.1, -0.05) is 24.3 Å². The van der Waals surface area contributed by atoms with Crippen LogP contribution in [0, 0.1) is 5.82 Å². The van der Waals surface area contributed by atoms with Crippen LogP contribution in [0.4, 0.5) is 39.0 Å². The first kappa shape index (κ1) is 20.4. The fourth-order valence-corrected chi connectivity index (χ4v) is 3.75. The van der Waals surface area contributed by atoms with Crippen LogP contribution in [0.25, 0.3) is 0 Å². The number of benzene rings is 2. The lowest BCUT2D eigenvalue weighted by atomic mass is 9.97. The van der Waals surface area contributed by atoms with E-state index in [1.165, 1.54) is 12.1 Å². The molecule has 3 heterocycles. The van der Waals surface area contributed by atoms with Crippen LogP contribution in [0.1, 0.15) is 23.6 Å². The van der Waals surface area contributed by atoms with E-state index in [1.54, 1.807) is 24.5 Å². The predicted octanol–water partition coefficient (Wildman–Crippen LogP) is 4.60. The maximum atomic E-state index is 13.5. The van der Waals surface area contributed by atoms with E-state index < -0.39 is 0 Å². The molecule has 6 N–H and O–H groups in total. The molecule has 0 amide bonds. The molecule has 0 spiro atoms. The highest BCUT2D eigenvalue weighted by Crippen LogP contribution is 2.38. The second kappa shape index (κ2) is 8.54. The molecule has 1 atom stereocenters. The number of anilines is 5. The van der Waals surface area contributed by atoms with Crippen molar-refractivity contribution in [3.05, 3.63) is 90.0 Å². The van der Waals surface area contributed by atoms with Crippen LogP contribution in [-0.2, 0) is 0 Å². The molecule has 33 heavy (non-hydrogen) atoms. The summed E-state index contributed by atoms with van der Waals surface area (Å²) in [4.78, 5) is 17.2. The SMILES string of the molecule is Nc1nc(N)c2c(n1)NC(c1ccc(F)cc1)CC(c1cccc(Nc3ccncc3)c1)=N2. The molecule has 5 rings (SSSR count). The summed E-state index contributed by atoms with van der Waals surface area (Å²) in [5.74, 6) is 0.384. The quantitative estimate of drug-likeness (QED) is 0.365. The van der Waals surface area contributed by atoms with Crippen LogP contribution >= 0.6 is 0 Å². The lowest BCUT2D eigenvalue weighted by Gasteiger charge is -2.19. The van der Waals surface area contributed by atoms with Gasteiger partial charge in [-0.25, -0.2) is 9.38 Å². The van der Waals surface area contributed by atoms with Crippen LogP contribution in [0.15, 0.2) is 78.0 Å². The van der Waals surface area contributed by atoms with Gasteiger partial charge in [0.25, 0.3) is 0 Å². The number of hydrogen-bond donors (Lipinski definition) is 4. The van der Waals surface area contributed by atoms with Crippen LogP contribution in [0.5, 0.6) is 0 Å². The van der Waals surface area contributed by atoms with Crippen molar-refractivity contribution in [2.45, 2.75) is 12.5 Å². The highest BCUT2D eigenvalue weighted by atomic mass is 19.1. The molecule has 9 heteroatoms. The van der Waals surface area contributed by atoms with Gasteiger partial charge in [0.1, 0.15) is 11.5 Å². The standard InChI is InChI=1S/C24H21FN8/c25-16-6-4-14(5-7-16)19-13-20(30-21-22(26)32-24(27)33-23(21)31-19)15-2-1-3-18(12-15)29-17-8-10-28-11-9-17/h1-12,19H,13H2,(H,28,29)(H5,26,27,31,32,33). The minimum atomic E-state index is -0.299. The molecular weight excluding hydrogens is 419 g/mol. The fourth-order valence-electron chi connectivity index (χ4n) is 3.75. The molecule has 164 valence electrons. The summed E-state index contributed by atoms with van der Waals surface area (Å²) in [5.41, 5.74) is 16.8. The molecule has 1 aliphatic heterocycles. The molecular formula is C24H21FN8. The van der Waals surface area contributed by atoms with Gasteiger partial charge >= 0.3 is 0 Å². The second-order valence-electron chi connectivity index (χ2n) is 7.62. The zero-order valence-electron chi connectivity index (χ0n) is 17.5. The minimum absolute atomic E-state index is 0.0544. The van der Waals surface area contributed by atoms with Crippen LogP contribution in [0.2, 0.25) is 0 Å². The Kier molecular flexibility index (Phi) is 5.27. The van der Waals surface area contributed by atoms with Crippen LogP contribution in [-0.4, -0.2) is 20.7 Å².